The number of piperidine rings is 1. The largest absolute Gasteiger partial charge is 0.476 e. The number of hydrogen-bond acceptors (Lipinski definition) is 9. The molecule has 1 atom stereocenters. The van der Waals surface area contributed by atoms with E-state index in [-0.39, 0.29) is 41.7 Å². The minimum atomic E-state index is -1.20. The van der Waals surface area contributed by atoms with Crippen molar-refractivity contribution in [1.82, 2.24) is 29.5 Å². The van der Waals surface area contributed by atoms with Gasteiger partial charge in [-0.25, -0.2) is 14.4 Å². The number of carbonyl (C=O) groups is 2. The van der Waals surface area contributed by atoms with Crippen LogP contribution in [0.1, 0.15) is 28.8 Å². The molecule has 2 saturated heterocycles. The quantitative estimate of drug-likeness (QED) is 0.263. The lowest BCUT2D eigenvalue weighted by molar-refractivity contribution is -0.138. The molecular weight excluding hydrogens is 610 g/mol. The Balaban J connectivity index is 1.13. The molecule has 2 aromatic heterocycles. The molecule has 0 spiro atoms. The number of halogens is 2. The first kappa shape index (κ1) is 31.8. The Hall–Kier alpha value is -5.13. The van der Waals surface area contributed by atoms with Crippen LogP contribution in [0.25, 0.3) is 16.9 Å². The first-order valence-corrected chi connectivity index (χ1v) is 15.4. The Morgan fingerprint density at radius 1 is 1.13 bits per heavy atom. The number of nitrogens with zero attached hydrogens (tertiary/aromatic N) is 6. The van der Waals surface area contributed by atoms with Crippen LogP contribution in [0.2, 0.25) is 0 Å². The number of piperazine rings is 1. The third-order valence-electron chi connectivity index (χ3n) is 8.68. The molecule has 2 aliphatic heterocycles. The van der Waals surface area contributed by atoms with Gasteiger partial charge in [0.2, 0.25) is 11.7 Å². The number of hydrogen-bond donors (Lipinski definition) is 3. The van der Waals surface area contributed by atoms with Crippen LogP contribution < -0.4 is 15.4 Å². The maximum absolute atomic E-state index is 15.0. The predicted octanol–water partition coefficient (Wildman–Crippen LogP) is 3.27. The van der Waals surface area contributed by atoms with Crippen LogP contribution in [-0.4, -0.2) is 93.1 Å². The molecule has 14 heteroatoms. The molecule has 0 aliphatic carbocycles. The summed E-state index contributed by atoms with van der Waals surface area (Å²) in [6.07, 6.45) is 5.68. The molecule has 2 amide bonds. The van der Waals surface area contributed by atoms with E-state index in [1.165, 1.54) is 24.5 Å². The zero-order valence-electron chi connectivity index (χ0n) is 25.7. The fraction of sp³-hybridized carbons (Fsp3) is 0.364. The fourth-order valence-electron chi connectivity index (χ4n) is 6.18. The standard InChI is InChI=1S/C33H34F2N8O4/c1-20-16-22(2-3-24(20)33(46)41-11-6-21(7-12-41)32(45)42-13-9-37-23(18-42)19-44)40-30-31-39-17-26(43(31)14-10-38-30)25-4-5-27(47-15-8-36)29(35)28(25)34/h2-5,10,14,16-17,21,23,37,44H,6-7,9,11-13,15,18-19H2,1H3,(H,38,40). The highest BCUT2D eigenvalue weighted by atomic mass is 19.2. The van der Waals surface area contributed by atoms with Crippen molar-refractivity contribution in [3.8, 4) is 23.1 Å². The first-order valence-electron chi connectivity index (χ1n) is 15.4. The summed E-state index contributed by atoms with van der Waals surface area (Å²) in [5.41, 5.74) is 2.58. The van der Waals surface area contributed by atoms with E-state index in [9.17, 15) is 23.5 Å². The van der Waals surface area contributed by atoms with Crippen LogP contribution in [0.4, 0.5) is 20.3 Å². The van der Waals surface area contributed by atoms with Gasteiger partial charge in [0.15, 0.2) is 29.6 Å². The summed E-state index contributed by atoms with van der Waals surface area (Å²) in [7, 11) is 0. The molecule has 12 nitrogen and oxygen atoms in total. The third kappa shape index (κ3) is 6.45. The zero-order valence-corrected chi connectivity index (χ0v) is 25.7. The van der Waals surface area contributed by atoms with Gasteiger partial charge >= 0.3 is 0 Å². The number of aliphatic hydroxyl groups is 1. The van der Waals surface area contributed by atoms with Crippen molar-refractivity contribution in [3.63, 3.8) is 0 Å². The number of anilines is 2. The monoisotopic (exact) mass is 644 g/mol. The maximum atomic E-state index is 15.0. The summed E-state index contributed by atoms with van der Waals surface area (Å²) in [5.74, 6) is -2.46. The van der Waals surface area contributed by atoms with Crippen molar-refractivity contribution in [2.24, 2.45) is 5.92 Å². The third-order valence-corrected chi connectivity index (χ3v) is 8.68. The lowest BCUT2D eigenvalue weighted by Crippen LogP contribution is -2.56. The molecule has 47 heavy (non-hydrogen) atoms. The Morgan fingerprint density at radius 2 is 1.94 bits per heavy atom. The summed E-state index contributed by atoms with van der Waals surface area (Å²) in [4.78, 5) is 38.9. The van der Waals surface area contributed by atoms with Crippen LogP contribution in [0.3, 0.4) is 0 Å². The number of carbonyl (C=O) groups excluding carboxylic acids is 2. The molecule has 2 aliphatic rings. The first-order chi connectivity index (χ1) is 22.8. The number of fused-ring (bicyclic) bond motifs is 1. The highest BCUT2D eigenvalue weighted by molar-refractivity contribution is 5.96. The van der Waals surface area contributed by atoms with E-state index < -0.39 is 18.2 Å². The molecule has 0 bridgehead atoms. The Kier molecular flexibility index (Phi) is 9.28. The number of rotatable bonds is 8. The van der Waals surface area contributed by atoms with Crippen molar-refractivity contribution in [3.05, 3.63) is 71.7 Å². The Labute approximate surface area is 269 Å². The molecule has 4 aromatic rings. The summed E-state index contributed by atoms with van der Waals surface area (Å²) < 4.78 is 36.2. The van der Waals surface area contributed by atoms with Gasteiger partial charge in [-0.05, 0) is 55.7 Å². The van der Waals surface area contributed by atoms with Gasteiger partial charge in [-0.2, -0.15) is 9.65 Å². The van der Waals surface area contributed by atoms with E-state index in [4.69, 9.17) is 10.00 Å². The number of ether oxygens (including phenoxy) is 1. The van der Waals surface area contributed by atoms with Gasteiger partial charge < -0.3 is 30.3 Å². The highest BCUT2D eigenvalue weighted by Gasteiger charge is 2.33. The van der Waals surface area contributed by atoms with Crippen molar-refractivity contribution >= 4 is 29.0 Å². The van der Waals surface area contributed by atoms with Crippen LogP contribution >= 0.6 is 0 Å². The lowest BCUT2D eigenvalue weighted by Gasteiger charge is -2.38. The number of aliphatic hydroxyl groups excluding tert-OH is 1. The molecule has 0 radical (unpaired) electrons. The smallest absolute Gasteiger partial charge is 0.254 e. The summed E-state index contributed by atoms with van der Waals surface area (Å²) >= 11 is 0. The number of imidazole rings is 1. The van der Waals surface area contributed by atoms with Gasteiger partial charge in [0.1, 0.15) is 6.07 Å². The van der Waals surface area contributed by atoms with Gasteiger partial charge in [-0.15, -0.1) is 0 Å². The molecule has 2 fully saturated rings. The van der Waals surface area contributed by atoms with E-state index in [2.05, 4.69) is 20.6 Å². The maximum Gasteiger partial charge on any atom is 0.254 e. The van der Waals surface area contributed by atoms with Crippen LogP contribution in [0, 0.1) is 35.8 Å². The second-order valence-electron chi connectivity index (χ2n) is 11.6. The van der Waals surface area contributed by atoms with E-state index in [1.54, 1.807) is 33.7 Å². The molecule has 1 unspecified atom stereocenters. The van der Waals surface area contributed by atoms with Gasteiger partial charge in [0, 0.05) is 73.9 Å². The molecule has 0 saturated carbocycles. The highest BCUT2D eigenvalue weighted by Crippen LogP contribution is 2.32. The van der Waals surface area contributed by atoms with Crippen molar-refractivity contribution in [2.45, 2.75) is 25.8 Å². The normalized spacial score (nSPS) is 17.0. The van der Waals surface area contributed by atoms with Gasteiger partial charge in [-0.3, -0.25) is 14.0 Å². The topological polar surface area (TPSA) is 148 Å². The number of nitriles is 1. The minimum absolute atomic E-state index is 0.0118. The van der Waals surface area contributed by atoms with E-state index in [1.807, 2.05) is 17.9 Å². The van der Waals surface area contributed by atoms with Crippen LogP contribution in [0.15, 0.2) is 48.9 Å². The van der Waals surface area contributed by atoms with Crippen molar-refractivity contribution in [2.75, 3.05) is 51.3 Å². The number of nitrogens with one attached hydrogen (secondary N) is 2. The number of likely N-dealkylation sites (tertiary alicyclic amines) is 1. The average Bonchev–Trinajstić information content (AvgIpc) is 3.53. The van der Waals surface area contributed by atoms with E-state index in [0.29, 0.717) is 74.0 Å². The van der Waals surface area contributed by atoms with Gasteiger partial charge in [0.25, 0.3) is 5.91 Å². The lowest BCUT2D eigenvalue weighted by atomic mass is 9.94. The average molecular weight is 645 g/mol. The second kappa shape index (κ2) is 13.7. The van der Waals surface area contributed by atoms with Gasteiger partial charge in [0.05, 0.1) is 18.5 Å². The van der Waals surface area contributed by atoms with Crippen molar-refractivity contribution < 1.29 is 28.2 Å². The number of amides is 2. The number of aromatic nitrogens is 3. The molecule has 244 valence electrons. The summed E-state index contributed by atoms with van der Waals surface area (Å²) in [5, 5.41) is 24.5. The Morgan fingerprint density at radius 3 is 2.68 bits per heavy atom. The molecular formula is C33H34F2N8O4. The number of benzene rings is 2. The summed E-state index contributed by atoms with van der Waals surface area (Å²) in [6.45, 7) is 4.16. The van der Waals surface area contributed by atoms with Gasteiger partial charge in [-0.1, -0.05) is 0 Å². The zero-order chi connectivity index (χ0) is 33.1. The molecule has 4 heterocycles. The fourth-order valence-corrected chi connectivity index (χ4v) is 6.18. The molecule has 6 rings (SSSR count). The number of aryl methyl sites for hydroxylation is 1. The van der Waals surface area contributed by atoms with Crippen LogP contribution in [-0.2, 0) is 4.79 Å². The molecule has 2 aromatic carbocycles. The summed E-state index contributed by atoms with van der Waals surface area (Å²) in [6, 6.07) is 9.59. The second-order valence-corrected chi connectivity index (χ2v) is 11.6. The van der Waals surface area contributed by atoms with E-state index >= 15 is 0 Å². The Bertz CT molecular complexity index is 1850. The predicted molar refractivity (Wildman–Crippen MR) is 168 cm³/mol. The minimum Gasteiger partial charge on any atom is -0.476 e. The van der Waals surface area contributed by atoms with E-state index in [0.717, 1.165) is 5.56 Å². The SMILES string of the molecule is Cc1cc(Nc2nccn3c(-c4ccc(OCC#N)c(F)c4F)cnc23)ccc1C(=O)N1CCC(C(=O)N2CCNC(CO)C2)CC1. The van der Waals surface area contributed by atoms with Crippen molar-refractivity contribution in [1.29, 1.82) is 5.26 Å². The van der Waals surface area contributed by atoms with Crippen LogP contribution in [0.5, 0.6) is 5.75 Å². The molecule has 3 N–H and O–H groups in total.